The fourth-order valence-corrected chi connectivity index (χ4v) is 6.29. The summed E-state index contributed by atoms with van der Waals surface area (Å²) in [6.07, 6.45) is 0.982. The lowest BCUT2D eigenvalue weighted by Gasteiger charge is -2.33. The van der Waals surface area contributed by atoms with Gasteiger partial charge in [0.05, 0.1) is 17.7 Å². The van der Waals surface area contributed by atoms with E-state index in [0.29, 0.717) is 59.8 Å². The highest BCUT2D eigenvalue weighted by molar-refractivity contribution is 7.98. The molecule has 1 aromatic carbocycles. The third kappa shape index (κ3) is 5.05. The molecule has 2 amide bonds. The van der Waals surface area contributed by atoms with Crippen LogP contribution in [0, 0.1) is 6.92 Å². The van der Waals surface area contributed by atoms with Gasteiger partial charge in [-0.3, -0.25) is 14.2 Å². The molecule has 1 fully saturated rings. The summed E-state index contributed by atoms with van der Waals surface area (Å²) in [5.74, 6) is 0.430. The lowest BCUT2D eigenvalue weighted by atomic mass is 10.0. The number of ether oxygens (including phenoxy) is 1. The number of amides is 2. The molecule has 0 spiro atoms. The first kappa shape index (κ1) is 26.0. The third-order valence-corrected chi connectivity index (χ3v) is 8.33. The zero-order valence-corrected chi connectivity index (χ0v) is 22.9. The maximum atomic E-state index is 13.3. The molecule has 0 aliphatic carbocycles. The summed E-state index contributed by atoms with van der Waals surface area (Å²) >= 11 is 2.83. The van der Waals surface area contributed by atoms with Gasteiger partial charge in [-0.15, -0.1) is 11.3 Å². The van der Waals surface area contributed by atoms with Gasteiger partial charge in [0, 0.05) is 43.7 Å². The first-order valence-corrected chi connectivity index (χ1v) is 14.0. The standard InChI is InChI=1S/C26H27N5O5S2/c1-4-35-26(34)31-12-10-30(11-13-31)23(32)18-14-36-19(27-18)15-37-25-28-22-21(24(33)29(25)3)20(16(2)38-22)17-8-6-5-7-9-17/h5-9,14H,4,10-13,15H2,1-3H3. The van der Waals surface area contributed by atoms with Crippen LogP contribution < -0.4 is 5.56 Å². The Morgan fingerprint density at radius 1 is 1.11 bits per heavy atom. The number of aryl methyl sites for hydroxylation is 1. The van der Waals surface area contributed by atoms with Gasteiger partial charge < -0.3 is 19.0 Å². The van der Waals surface area contributed by atoms with Gasteiger partial charge in [-0.05, 0) is 19.4 Å². The molecule has 0 unspecified atom stereocenters. The SMILES string of the molecule is CCOC(=O)N1CCN(C(=O)c2coc(CSc3nc4sc(C)c(-c5ccccc5)c4c(=O)n3C)n2)CC1. The number of oxazole rings is 1. The summed E-state index contributed by atoms with van der Waals surface area (Å²) in [6, 6.07) is 9.86. The highest BCUT2D eigenvalue weighted by atomic mass is 32.2. The van der Waals surface area contributed by atoms with Crippen molar-refractivity contribution in [3.8, 4) is 11.1 Å². The van der Waals surface area contributed by atoms with Gasteiger partial charge in [-0.25, -0.2) is 14.8 Å². The molecule has 0 N–H and O–H groups in total. The highest BCUT2D eigenvalue weighted by Gasteiger charge is 2.27. The number of benzene rings is 1. The van der Waals surface area contributed by atoms with Crippen LogP contribution in [-0.4, -0.2) is 69.1 Å². The maximum Gasteiger partial charge on any atom is 0.409 e. The minimum absolute atomic E-state index is 0.106. The van der Waals surface area contributed by atoms with E-state index in [2.05, 4.69) is 4.98 Å². The largest absolute Gasteiger partial charge is 0.450 e. The Kier molecular flexibility index (Phi) is 7.52. The second-order valence-corrected chi connectivity index (χ2v) is 10.9. The average molecular weight is 554 g/mol. The minimum Gasteiger partial charge on any atom is -0.450 e. The number of thioether (sulfide) groups is 1. The van der Waals surface area contributed by atoms with Crippen LogP contribution in [-0.2, 0) is 17.5 Å². The topological polar surface area (TPSA) is 111 Å². The van der Waals surface area contributed by atoms with E-state index in [4.69, 9.17) is 14.1 Å². The van der Waals surface area contributed by atoms with Gasteiger partial charge in [-0.1, -0.05) is 42.1 Å². The monoisotopic (exact) mass is 553 g/mol. The van der Waals surface area contributed by atoms with Crippen molar-refractivity contribution in [2.45, 2.75) is 24.8 Å². The molecule has 0 radical (unpaired) electrons. The number of hydrogen-bond acceptors (Lipinski definition) is 9. The molecule has 10 nitrogen and oxygen atoms in total. The number of carbonyl (C=O) groups is 2. The van der Waals surface area contributed by atoms with Crippen LogP contribution in [0.25, 0.3) is 21.3 Å². The van der Waals surface area contributed by atoms with Crippen molar-refractivity contribution >= 4 is 45.3 Å². The second kappa shape index (κ2) is 11.0. The fraction of sp³-hybridized carbons (Fsp3) is 0.346. The van der Waals surface area contributed by atoms with Gasteiger partial charge in [0.15, 0.2) is 10.9 Å². The number of fused-ring (bicyclic) bond motifs is 1. The minimum atomic E-state index is -0.365. The molecule has 0 saturated carbocycles. The Morgan fingerprint density at radius 2 is 1.82 bits per heavy atom. The van der Waals surface area contributed by atoms with Crippen LogP contribution in [0.1, 0.15) is 28.2 Å². The molecule has 4 heterocycles. The molecular weight excluding hydrogens is 526 g/mol. The quantitative estimate of drug-likeness (QED) is 0.259. The van der Waals surface area contributed by atoms with Crippen molar-refractivity contribution in [1.29, 1.82) is 0 Å². The summed E-state index contributed by atoms with van der Waals surface area (Å²) in [7, 11) is 1.71. The number of hydrogen-bond donors (Lipinski definition) is 0. The number of piperazine rings is 1. The first-order chi connectivity index (χ1) is 18.4. The predicted molar refractivity (Wildman–Crippen MR) is 146 cm³/mol. The fourth-order valence-electron chi connectivity index (χ4n) is 4.38. The van der Waals surface area contributed by atoms with Crippen molar-refractivity contribution < 1.29 is 18.7 Å². The lowest BCUT2D eigenvalue weighted by Crippen LogP contribution is -2.50. The summed E-state index contributed by atoms with van der Waals surface area (Å²) in [6.45, 7) is 5.68. The summed E-state index contributed by atoms with van der Waals surface area (Å²) < 4.78 is 12.1. The van der Waals surface area contributed by atoms with Crippen LogP contribution in [0.4, 0.5) is 4.79 Å². The van der Waals surface area contributed by atoms with Crippen molar-refractivity contribution in [2.75, 3.05) is 32.8 Å². The van der Waals surface area contributed by atoms with E-state index >= 15 is 0 Å². The zero-order valence-electron chi connectivity index (χ0n) is 21.3. The van der Waals surface area contributed by atoms with Crippen molar-refractivity contribution in [3.05, 3.63) is 63.4 Å². The first-order valence-electron chi connectivity index (χ1n) is 12.2. The molecule has 1 aliphatic heterocycles. The molecule has 3 aromatic heterocycles. The molecule has 38 heavy (non-hydrogen) atoms. The molecule has 5 rings (SSSR count). The maximum absolute atomic E-state index is 13.3. The summed E-state index contributed by atoms with van der Waals surface area (Å²) in [4.78, 5) is 52.2. The lowest BCUT2D eigenvalue weighted by molar-refractivity contribution is 0.0566. The van der Waals surface area contributed by atoms with Crippen LogP contribution in [0.5, 0.6) is 0 Å². The number of carbonyl (C=O) groups excluding carboxylic acids is 2. The normalized spacial score (nSPS) is 13.8. The van der Waals surface area contributed by atoms with Gasteiger partial charge in [0.2, 0.25) is 5.89 Å². The third-order valence-electron chi connectivity index (χ3n) is 6.32. The number of thiophene rings is 1. The Labute approximate surface area is 227 Å². The van der Waals surface area contributed by atoms with Gasteiger partial charge in [-0.2, -0.15) is 0 Å². The molecule has 12 heteroatoms. The molecule has 1 aliphatic rings. The van der Waals surface area contributed by atoms with Crippen molar-refractivity contribution in [1.82, 2.24) is 24.3 Å². The van der Waals surface area contributed by atoms with Crippen molar-refractivity contribution in [2.24, 2.45) is 7.05 Å². The van der Waals surface area contributed by atoms with E-state index in [9.17, 15) is 14.4 Å². The second-order valence-electron chi connectivity index (χ2n) is 8.73. The molecule has 198 valence electrons. The Bertz CT molecular complexity index is 1540. The molecule has 1 saturated heterocycles. The summed E-state index contributed by atoms with van der Waals surface area (Å²) in [5.41, 5.74) is 2.03. The molecule has 0 bridgehead atoms. The smallest absolute Gasteiger partial charge is 0.409 e. The molecule has 0 atom stereocenters. The highest BCUT2D eigenvalue weighted by Crippen LogP contribution is 2.36. The van der Waals surface area contributed by atoms with E-state index in [0.717, 1.165) is 16.0 Å². The Hall–Kier alpha value is -3.64. The van der Waals surface area contributed by atoms with Gasteiger partial charge in [0.1, 0.15) is 11.1 Å². The molecular formula is C26H27N5O5S2. The zero-order chi connectivity index (χ0) is 26.8. The van der Waals surface area contributed by atoms with Gasteiger partial charge in [0.25, 0.3) is 11.5 Å². The number of nitrogens with zero attached hydrogens (tertiary/aromatic N) is 5. The number of rotatable bonds is 6. The van der Waals surface area contributed by atoms with Crippen LogP contribution in [0.15, 0.2) is 51.0 Å². The van der Waals surface area contributed by atoms with E-state index in [-0.39, 0.29) is 23.3 Å². The van der Waals surface area contributed by atoms with E-state index in [1.165, 1.54) is 29.4 Å². The van der Waals surface area contributed by atoms with E-state index in [1.54, 1.807) is 28.3 Å². The average Bonchev–Trinajstić information content (AvgIpc) is 3.54. The predicted octanol–water partition coefficient (Wildman–Crippen LogP) is 4.17. The van der Waals surface area contributed by atoms with E-state index < -0.39 is 0 Å². The molecule has 4 aromatic rings. The van der Waals surface area contributed by atoms with Crippen LogP contribution >= 0.6 is 23.1 Å². The van der Waals surface area contributed by atoms with E-state index in [1.807, 2.05) is 37.3 Å². The van der Waals surface area contributed by atoms with Crippen molar-refractivity contribution in [3.63, 3.8) is 0 Å². The number of aromatic nitrogens is 3. The van der Waals surface area contributed by atoms with Crippen LogP contribution in [0.2, 0.25) is 0 Å². The van der Waals surface area contributed by atoms with Gasteiger partial charge >= 0.3 is 6.09 Å². The Balaban J connectivity index is 1.27. The Morgan fingerprint density at radius 3 is 2.53 bits per heavy atom. The van der Waals surface area contributed by atoms with Crippen LogP contribution in [0.3, 0.4) is 0 Å². The summed E-state index contributed by atoms with van der Waals surface area (Å²) in [5, 5.41) is 1.17.